The maximum absolute atomic E-state index is 13.2. The van der Waals surface area contributed by atoms with Crippen LogP contribution in [-0.2, 0) is 17.9 Å². The first-order chi connectivity index (χ1) is 15.0. The fraction of sp³-hybridized carbons (Fsp3) is 0.240. The number of hydrogen-bond acceptors (Lipinski definition) is 4. The molecule has 1 N–H and O–H groups in total. The molecule has 0 fully saturated rings. The van der Waals surface area contributed by atoms with Gasteiger partial charge in [0.2, 0.25) is 5.91 Å². The van der Waals surface area contributed by atoms with E-state index in [2.05, 4.69) is 40.2 Å². The van der Waals surface area contributed by atoms with Crippen molar-refractivity contribution in [1.82, 2.24) is 10.2 Å². The Morgan fingerprint density at radius 2 is 1.97 bits per heavy atom. The van der Waals surface area contributed by atoms with Crippen molar-refractivity contribution in [3.05, 3.63) is 93.9 Å². The zero-order valence-corrected chi connectivity index (χ0v) is 18.6. The monoisotopic (exact) mass is 438 g/mol. The molecule has 3 rings (SSSR count). The van der Waals surface area contributed by atoms with Gasteiger partial charge in [-0.15, -0.1) is 0 Å². The van der Waals surface area contributed by atoms with E-state index < -0.39 is 0 Å². The van der Waals surface area contributed by atoms with Crippen LogP contribution in [-0.4, -0.2) is 30.5 Å². The lowest BCUT2D eigenvalue weighted by Gasteiger charge is -2.18. The predicted octanol–water partition coefficient (Wildman–Crippen LogP) is 5.12. The maximum atomic E-state index is 13.2. The van der Waals surface area contributed by atoms with Crippen LogP contribution in [0.15, 0.2) is 71.4 Å². The molecule has 0 aliphatic carbocycles. The molecule has 1 aromatic heterocycles. The Labute approximate surface area is 187 Å². The van der Waals surface area contributed by atoms with E-state index in [4.69, 9.17) is 4.74 Å². The van der Waals surface area contributed by atoms with Gasteiger partial charge < -0.3 is 10.1 Å². The first-order valence-electron chi connectivity index (χ1n) is 10.1. The SMILES string of the molecule is C[C@H](CNC(=O)/C=C/c1cccc(F)c1)Oc1cccc(CN(C)Cc2ccsc2)c1. The van der Waals surface area contributed by atoms with Gasteiger partial charge in [-0.2, -0.15) is 11.3 Å². The van der Waals surface area contributed by atoms with Crippen molar-refractivity contribution in [2.45, 2.75) is 26.1 Å². The highest BCUT2D eigenvalue weighted by Crippen LogP contribution is 2.17. The number of carbonyl (C=O) groups excluding carboxylic acids is 1. The largest absolute Gasteiger partial charge is 0.489 e. The lowest BCUT2D eigenvalue weighted by atomic mass is 10.2. The molecule has 0 aliphatic heterocycles. The highest BCUT2D eigenvalue weighted by molar-refractivity contribution is 7.07. The number of ether oxygens (including phenoxy) is 1. The lowest BCUT2D eigenvalue weighted by Crippen LogP contribution is -2.32. The molecule has 0 unspecified atom stereocenters. The third-order valence-electron chi connectivity index (χ3n) is 4.56. The molecule has 0 saturated carbocycles. The predicted molar refractivity (Wildman–Crippen MR) is 124 cm³/mol. The van der Waals surface area contributed by atoms with Gasteiger partial charge in [-0.3, -0.25) is 9.69 Å². The van der Waals surface area contributed by atoms with Crippen LogP contribution in [0.2, 0.25) is 0 Å². The molecule has 0 aliphatic rings. The first-order valence-corrected chi connectivity index (χ1v) is 11.1. The topological polar surface area (TPSA) is 41.6 Å². The van der Waals surface area contributed by atoms with Crippen LogP contribution < -0.4 is 10.1 Å². The zero-order chi connectivity index (χ0) is 22.1. The van der Waals surface area contributed by atoms with Gasteiger partial charge in [0, 0.05) is 19.2 Å². The summed E-state index contributed by atoms with van der Waals surface area (Å²) in [6.07, 6.45) is 2.79. The van der Waals surface area contributed by atoms with E-state index in [0.29, 0.717) is 12.1 Å². The molecular formula is C25H27FN2O2S. The van der Waals surface area contributed by atoms with E-state index in [-0.39, 0.29) is 17.8 Å². The van der Waals surface area contributed by atoms with Crippen molar-refractivity contribution in [2.75, 3.05) is 13.6 Å². The molecule has 1 heterocycles. The van der Waals surface area contributed by atoms with E-state index in [1.807, 2.05) is 25.1 Å². The smallest absolute Gasteiger partial charge is 0.244 e. The van der Waals surface area contributed by atoms with E-state index in [0.717, 1.165) is 18.8 Å². The minimum atomic E-state index is -0.329. The van der Waals surface area contributed by atoms with E-state index in [1.54, 1.807) is 29.5 Å². The molecule has 0 radical (unpaired) electrons. The average molecular weight is 439 g/mol. The maximum Gasteiger partial charge on any atom is 0.244 e. The van der Waals surface area contributed by atoms with Crippen LogP contribution in [0, 0.1) is 5.82 Å². The number of rotatable bonds is 10. The summed E-state index contributed by atoms with van der Waals surface area (Å²) >= 11 is 1.71. The van der Waals surface area contributed by atoms with E-state index in [9.17, 15) is 9.18 Å². The summed E-state index contributed by atoms with van der Waals surface area (Å²) in [6.45, 7) is 4.00. The Kier molecular flexibility index (Phi) is 8.38. The molecule has 31 heavy (non-hydrogen) atoms. The van der Waals surface area contributed by atoms with Crippen LogP contribution >= 0.6 is 11.3 Å². The molecule has 0 spiro atoms. The number of hydrogen-bond donors (Lipinski definition) is 1. The Morgan fingerprint density at radius 3 is 2.74 bits per heavy atom. The highest BCUT2D eigenvalue weighted by atomic mass is 32.1. The van der Waals surface area contributed by atoms with E-state index >= 15 is 0 Å². The van der Waals surface area contributed by atoms with Crippen molar-refractivity contribution in [3.8, 4) is 5.75 Å². The minimum Gasteiger partial charge on any atom is -0.489 e. The van der Waals surface area contributed by atoms with E-state index in [1.165, 1.54) is 29.3 Å². The van der Waals surface area contributed by atoms with Gasteiger partial charge in [0.1, 0.15) is 17.7 Å². The second kappa shape index (κ2) is 11.4. The highest BCUT2D eigenvalue weighted by Gasteiger charge is 2.08. The fourth-order valence-electron chi connectivity index (χ4n) is 3.14. The lowest BCUT2D eigenvalue weighted by molar-refractivity contribution is -0.116. The number of carbonyl (C=O) groups is 1. The number of benzene rings is 2. The van der Waals surface area contributed by atoms with Gasteiger partial charge in [-0.1, -0.05) is 24.3 Å². The van der Waals surface area contributed by atoms with Crippen molar-refractivity contribution in [3.63, 3.8) is 0 Å². The van der Waals surface area contributed by atoms with Crippen molar-refractivity contribution in [2.24, 2.45) is 0 Å². The number of nitrogens with one attached hydrogen (secondary N) is 1. The zero-order valence-electron chi connectivity index (χ0n) is 17.8. The number of amides is 1. The second-order valence-electron chi connectivity index (χ2n) is 7.51. The van der Waals surface area contributed by atoms with Crippen LogP contribution in [0.4, 0.5) is 4.39 Å². The van der Waals surface area contributed by atoms with Crippen LogP contribution in [0.1, 0.15) is 23.6 Å². The van der Waals surface area contributed by atoms with Crippen LogP contribution in [0.25, 0.3) is 6.08 Å². The second-order valence-corrected chi connectivity index (χ2v) is 8.29. The summed E-state index contributed by atoms with van der Waals surface area (Å²) in [6, 6.07) is 16.3. The summed E-state index contributed by atoms with van der Waals surface area (Å²) in [5.41, 5.74) is 3.13. The summed E-state index contributed by atoms with van der Waals surface area (Å²) in [7, 11) is 2.10. The van der Waals surface area contributed by atoms with Crippen molar-refractivity contribution in [1.29, 1.82) is 0 Å². The van der Waals surface area contributed by atoms with Gasteiger partial charge in [0.25, 0.3) is 0 Å². The third-order valence-corrected chi connectivity index (χ3v) is 5.29. The summed E-state index contributed by atoms with van der Waals surface area (Å²) in [5, 5.41) is 7.07. The fourth-order valence-corrected chi connectivity index (χ4v) is 3.80. The Hall–Kier alpha value is -2.96. The van der Waals surface area contributed by atoms with Gasteiger partial charge in [-0.05, 0) is 77.8 Å². The third kappa shape index (κ3) is 8.00. The standard InChI is InChI=1S/C25H27FN2O2S/c1-19(15-27-25(29)10-9-20-5-3-7-23(26)13-20)30-24-8-4-6-21(14-24)16-28(2)17-22-11-12-31-18-22/h3-14,18-19H,15-17H2,1-2H3,(H,27,29)/b10-9+/t19-/m1/s1. The molecule has 162 valence electrons. The van der Waals surface area contributed by atoms with Crippen molar-refractivity contribution >= 4 is 23.3 Å². The number of thiophene rings is 1. The first kappa shape index (κ1) is 22.7. The molecule has 0 bridgehead atoms. The summed E-state index contributed by atoms with van der Waals surface area (Å²) in [5.74, 6) is 0.200. The van der Waals surface area contributed by atoms with Gasteiger partial charge in [-0.25, -0.2) is 4.39 Å². The molecule has 4 nitrogen and oxygen atoms in total. The Balaban J connectivity index is 1.45. The number of nitrogens with zero attached hydrogens (tertiary/aromatic N) is 1. The normalized spacial score (nSPS) is 12.3. The summed E-state index contributed by atoms with van der Waals surface area (Å²) in [4.78, 5) is 14.3. The van der Waals surface area contributed by atoms with Crippen LogP contribution in [0.5, 0.6) is 5.75 Å². The number of halogens is 1. The van der Waals surface area contributed by atoms with Crippen LogP contribution in [0.3, 0.4) is 0 Å². The Bertz CT molecular complexity index is 1000. The molecule has 1 atom stereocenters. The molecule has 0 saturated heterocycles. The van der Waals surface area contributed by atoms with Crippen molar-refractivity contribution < 1.29 is 13.9 Å². The molecule has 2 aromatic carbocycles. The Morgan fingerprint density at radius 1 is 1.16 bits per heavy atom. The molecule has 3 aromatic rings. The minimum absolute atomic E-state index is 0.190. The van der Waals surface area contributed by atoms with Gasteiger partial charge in [0.05, 0.1) is 6.54 Å². The quantitative estimate of drug-likeness (QED) is 0.447. The molecule has 1 amide bonds. The van der Waals surface area contributed by atoms with Gasteiger partial charge >= 0.3 is 0 Å². The molecule has 6 heteroatoms. The summed E-state index contributed by atoms with van der Waals surface area (Å²) < 4.78 is 19.1. The average Bonchev–Trinajstić information content (AvgIpc) is 3.24. The van der Waals surface area contributed by atoms with Gasteiger partial charge in [0.15, 0.2) is 0 Å². The molecular weight excluding hydrogens is 411 g/mol.